The predicted octanol–water partition coefficient (Wildman–Crippen LogP) is 2.09. The maximum atomic E-state index is 11.9. The highest BCUT2D eigenvalue weighted by Crippen LogP contribution is 2.13. The number of amides is 1. The number of carbonyl (C=O) groups excluding carboxylic acids is 2. The molecule has 0 saturated carbocycles. The molecule has 0 aromatic heterocycles. The van der Waals surface area contributed by atoms with Crippen LogP contribution < -0.4 is 5.32 Å². The van der Waals surface area contributed by atoms with E-state index in [2.05, 4.69) is 5.32 Å². The summed E-state index contributed by atoms with van der Waals surface area (Å²) in [5.74, 6) is -1.28. The zero-order valence-corrected chi connectivity index (χ0v) is 13.7. The van der Waals surface area contributed by atoms with Gasteiger partial charge >= 0.3 is 5.97 Å². The van der Waals surface area contributed by atoms with Crippen molar-refractivity contribution in [2.75, 3.05) is 19.8 Å². The van der Waals surface area contributed by atoms with Gasteiger partial charge in [-0.2, -0.15) is 5.26 Å². The third-order valence-corrected chi connectivity index (χ3v) is 3.66. The molecule has 126 valence electrons. The van der Waals surface area contributed by atoms with Gasteiger partial charge in [0.2, 0.25) is 0 Å². The van der Waals surface area contributed by atoms with Crippen LogP contribution >= 0.6 is 11.6 Å². The number of nitrogens with one attached hydrogen (secondary N) is 1. The number of esters is 1. The van der Waals surface area contributed by atoms with Gasteiger partial charge < -0.3 is 14.8 Å². The molecule has 1 heterocycles. The van der Waals surface area contributed by atoms with E-state index in [1.54, 1.807) is 30.3 Å². The van der Waals surface area contributed by atoms with Gasteiger partial charge in [0.1, 0.15) is 11.6 Å². The number of ether oxygens (including phenoxy) is 2. The summed E-state index contributed by atoms with van der Waals surface area (Å²) >= 11 is 5.78. The monoisotopic (exact) mass is 348 g/mol. The summed E-state index contributed by atoms with van der Waals surface area (Å²) in [6.45, 7) is 0.657. The lowest BCUT2D eigenvalue weighted by Gasteiger charge is -2.10. The van der Waals surface area contributed by atoms with Crippen LogP contribution in [0.5, 0.6) is 0 Å². The van der Waals surface area contributed by atoms with Gasteiger partial charge in [-0.15, -0.1) is 0 Å². The Kier molecular flexibility index (Phi) is 6.79. The molecule has 7 heteroatoms. The molecular formula is C17H17ClN2O4. The van der Waals surface area contributed by atoms with Gasteiger partial charge in [-0.3, -0.25) is 4.79 Å². The van der Waals surface area contributed by atoms with Gasteiger partial charge in [-0.05, 0) is 36.6 Å². The Balaban J connectivity index is 1.82. The van der Waals surface area contributed by atoms with E-state index >= 15 is 0 Å². The Morgan fingerprint density at radius 2 is 2.17 bits per heavy atom. The molecule has 1 atom stereocenters. The van der Waals surface area contributed by atoms with Crippen LogP contribution in [-0.4, -0.2) is 37.7 Å². The quantitative estimate of drug-likeness (QED) is 0.483. The molecule has 6 nitrogen and oxygen atoms in total. The summed E-state index contributed by atoms with van der Waals surface area (Å²) in [5.41, 5.74) is 0.444. The summed E-state index contributed by atoms with van der Waals surface area (Å²) in [6.07, 6.45) is 3.28. The van der Waals surface area contributed by atoms with Gasteiger partial charge in [0.25, 0.3) is 5.91 Å². The number of hydrogen-bond donors (Lipinski definition) is 1. The molecule has 1 N–H and O–H groups in total. The van der Waals surface area contributed by atoms with Crippen LogP contribution in [-0.2, 0) is 19.1 Å². The Morgan fingerprint density at radius 1 is 1.42 bits per heavy atom. The van der Waals surface area contributed by atoms with E-state index in [1.807, 2.05) is 0 Å². The SMILES string of the molecule is N#C/C(=C\c1ccc(Cl)cc1)C(=O)OCC(=O)NC[C@@H]1CCCO1. The first-order valence-corrected chi connectivity index (χ1v) is 7.89. The van der Waals surface area contributed by atoms with Crippen molar-refractivity contribution in [3.8, 4) is 6.07 Å². The van der Waals surface area contributed by atoms with E-state index in [1.165, 1.54) is 6.08 Å². The van der Waals surface area contributed by atoms with Gasteiger partial charge in [0.15, 0.2) is 6.61 Å². The minimum atomic E-state index is -0.847. The van der Waals surface area contributed by atoms with Crippen LogP contribution in [0.1, 0.15) is 18.4 Å². The molecule has 1 aliphatic heterocycles. The number of rotatable bonds is 6. The molecule has 0 aliphatic carbocycles. The highest BCUT2D eigenvalue weighted by molar-refractivity contribution is 6.30. The minimum absolute atomic E-state index is 0.0177. The molecule has 1 amide bonds. The number of benzene rings is 1. The first-order chi connectivity index (χ1) is 11.6. The summed E-state index contributed by atoms with van der Waals surface area (Å²) in [5, 5.41) is 12.2. The van der Waals surface area contributed by atoms with Crippen molar-refractivity contribution in [3.63, 3.8) is 0 Å². The molecule has 1 saturated heterocycles. The molecule has 0 spiro atoms. The zero-order chi connectivity index (χ0) is 17.4. The smallest absolute Gasteiger partial charge is 0.349 e. The Morgan fingerprint density at radius 3 is 2.79 bits per heavy atom. The van der Waals surface area contributed by atoms with Gasteiger partial charge in [-0.1, -0.05) is 23.7 Å². The largest absolute Gasteiger partial charge is 0.451 e. The molecule has 0 radical (unpaired) electrons. The van der Waals surface area contributed by atoms with Gasteiger partial charge in [0, 0.05) is 18.2 Å². The number of nitriles is 1. The third kappa shape index (κ3) is 5.69. The number of nitrogens with zero attached hydrogens (tertiary/aromatic N) is 1. The molecule has 1 aromatic rings. The van der Waals surface area contributed by atoms with E-state index in [0.717, 1.165) is 12.8 Å². The normalized spacial score (nSPS) is 17.2. The fraction of sp³-hybridized carbons (Fsp3) is 0.353. The number of carbonyl (C=O) groups is 2. The van der Waals surface area contributed by atoms with Crippen molar-refractivity contribution in [2.24, 2.45) is 0 Å². The molecule has 2 rings (SSSR count). The Labute approximate surface area is 145 Å². The molecular weight excluding hydrogens is 332 g/mol. The fourth-order valence-corrected chi connectivity index (χ4v) is 2.28. The lowest BCUT2D eigenvalue weighted by Crippen LogP contribution is -2.34. The second-order valence-corrected chi connectivity index (χ2v) is 5.67. The maximum Gasteiger partial charge on any atom is 0.349 e. The first-order valence-electron chi connectivity index (χ1n) is 7.51. The van der Waals surface area contributed by atoms with Crippen LogP contribution in [0.3, 0.4) is 0 Å². The lowest BCUT2D eigenvalue weighted by molar-refractivity contribution is -0.144. The van der Waals surface area contributed by atoms with Crippen LogP contribution in [0.2, 0.25) is 5.02 Å². The lowest BCUT2D eigenvalue weighted by atomic mass is 10.1. The van der Waals surface area contributed by atoms with Crippen LogP contribution in [0.25, 0.3) is 6.08 Å². The average Bonchev–Trinajstić information content (AvgIpc) is 3.11. The van der Waals surface area contributed by atoms with E-state index in [4.69, 9.17) is 26.3 Å². The zero-order valence-electron chi connectivity index (χ0n) is 13.0. The van der Waals surface area contributed by atoms with Crippen molar-refractivity contribution < 1.29 is 19.1 Å². The number of hydrogen-bond acceptors (Lipinski definition) is 5. The molecule has 0 bridgehead atoms. The Hall–Kier alpha value is -2.36. The van der Waals surface area contributed by atoms with Crippen molar-refractivity contribution in [3.05, 3.63) is 40.4 Å². The van der Waals surface area contributed by atoms with Gasteiger partial charge in [0.05, 0.1) is 6.10 Å². The van der Waals surface area contributed by atoms with Crippen molar-refractivity contribution in [1.29, 1.82) is 5.26 Å². The average molecular weight is 349 g/mol. The van der Waals surface area contributed by atoms with E-state index in [9.17, 15) is 9.59 Å². The second-order valence-electron chi connectivity index (χ2n) is 5.24. The first kappa shape index (κ1) is 18.0. The molecule has 0 unspecified atom stereocenters. The summed E-state index contributed by atoms with van der Waals surface area (Å²) < 4.78 is 10.2. The maximum absolute atomic E-state index is 11.9. The van der Waals surface area contributed by atoms with Crippen LogP contribution in [0.15, 0.2) is 29.8 Å². The predicted molar refractivity (Wildman–Crippen MR) is 88.0 cm³/mol. The molecule has 1 aromatic carbocycles. The molecule has 24 heavy (non-hydrogen) atoms. The van der Waals surface area contributed by atoms with Crippen LogP contribution in [0, 0.1) is 11.3 Å². The van der Waals surface area contributed by atoms with E-state index in [-0.39, 0.29) is 11.7 Å². The topological polar surface area (TPSA) is 88.4 Å². The standard InChI is InChI=1S/C17H17ClN2O4/c18-14-5-3-12(4-6-14)8-13(9-19)17(22)24-11-16(21)20-10-15-2-1-7-23-15/h3-6,8,15H,1-2,7,10-11H2,(H,20,21)/b13-8+/t15-/m0/s1. The fourth-order valence-electron chi connectivity index (χ4n) is 2.16. The minimum Gasteiger partial charge on any atom is -0.451 e. The van der Waals surface area contributed by atoms with Crippen molar-refractivity contribution >= 4 is 29.6 Å². The van der Waals surface area contributed by atoms with Gasteiger partial charge in [-0.25, -0.2) is 4.79 Å². The highest BCUT2D eigenvalue weighted by atomic mass is 35.5. The number of halogens is 1. The third-order valence-electron chi connectivity index (χ3n) is 3.41. The van der Waals surface area contributed by atoms with E-state index in [0.29, 0.717) is 23.7 Å². The van der Waals surface area contributed by atoms with Crippen LogP contribution in [0.4, 0.5) is 0 Å². The van der Waals surface area contributed by atoms with E-state index < -0.39 is 18.5 Å². The molecule has 1 fully saturated rings. The summed E-state index contributed by atoms with van der Waals surface area (Å²) in [7, 11) is 0. The summed E-state index contributed by atoms with van der Waals surface area (Å²) in [4.78, 5) is 23.5. The van der Waals surface area contributed by atoms with Crippen molar-refractivity contribution in [1.82, 2.24) is 5.32 Å². The second kappa shape index (κ2) is 9.06. The highest BCUT2D eigenvalue weighted by Gasteiger charge is 2.17. The van der Waals surface area contributed by atoms with Crippen molar-refractivity contribution in [2.45, 2.75) is 18.9 Å². The Bertz CT molecular complexity index is 658. The molecule has 1 aliphatic rings. The summed E-state index contributed by atoms with van der Waals surface area (Å²) in [6, 6.07) is 8.39.